The SMILES string of the molecule is O=C(OC[C@H]1O[C@H](O)[C@@H](O)[C@@H](OC(=O)c2cc(O)c(O)c(O)c2)[C@@H]1O)c1cc(O)c(O)c(O)c1. The van der Waals surface area contributed by atoms with Crippen molar-refractivity contribution in [1.82, 2.24) is 0 Å². The molecule has 1 fully saturated rings. The second-order valence-corrected chi connectivity index (χ2v) is 7.24. The van der Waals surface area contributed by atoms with E-state index in [-0.39, 0.29) is 5.56 Å². The number of carbonyl (C=O) groups excluding carboxylic acids is 2. The maximum absolute atomic E-state index is 12.4. The molecule has 9 N–H and O–H groups in total. The van der Waals surface area contributed by atoms with Gasteiger partial charge in [-0.05, 0) is 24.3 Å². The number of carbonyl (C=O) groups is 2. The summed E-state index contributed by atoms with van der Waals surface area (Å²) in [4.78, 5) is 24.5. The monoisotopic (exact) mass is 484 g/mol. The molecule has 1 heterocycles. The second kappa shape index (κ2) is 9.48. The number of aliphatic hydroxyl groups is 3. The Balaban J connectivity index is 1.71. The highest BCUT2D eigenvalue weighted by atomic mass is 16.7. The smallest absolute Gasteiger partial charge is 0.338 e. The third kappa shape index (κ3) is 4.84. The molecule has 1 aliphatic heterocycles. The van der Waals surface area contributed by atoms with Crippen LogP contribution in [0.15, 0.2) is 24.3 Å². The third-order valence-corrected chi connectivity index (χ3v) is 4.89. The van der Waals surface area contributed by atoms with Crippen molar-refractivity contribution < 1.29 is 69.8 Å². The minimum atomic E-state index is -1.99. The first-order valence-corrected chi connectivity index (χ1v) is 9.48. The summed E-state index contributed by atoms with van der Waals surface area (Å²) in [5.74, 6) is -7.48. The predicted molar refractivity (Wildman–Crippen MR) is 105 cm³/mol. The van der Waals surface area contributed by atoms with Crippen molar-refractivity contribution in [3.05, 3.63) is 35.4 Å². The number of aliphatic hydroxyl groups excluding tert-OH is 3. The molecule has 0 aromatic heterocycles. The molecule has 34 heavy (non-hydrogen) atoms. The summed E-state index contributed by atoms with van der Waals surface area (Å²) in [5.41, 5.74) is -0.850. The first kappa shape index (κ1) is 24.7. The van der Waals surface area contributed by atoms with E-state index in [2.05, 4.69) is 0 Å². The molecule has 2 aromatic carbocycles. The highest BCUT2D eigenvalue weighted by Gasteiger charge is 2.47. The number of rotatable bonds is 5. The van der Waals surface area contributed by atoms with Crippen LogP contribution in [-0.4, -0.2) is 95.2 Å². The van der Waals surface area contributed by atoms with Gasteiger partial charge in [0.2, 0.25) is 0 Å². The lowest BCUT2D eigenvalue weighted by atomic mass is 9.99. The molecule has 0 radical (unpaired) electrons. The molecule has 1 saturated heterocycles. The van der Waals surface area contributed by atoms with Crippen LogP contribution in [0.2, 0.25) is 0 Å². The van der Waals surface area contributed by atoms with Gasteiger partial charge in [-0.1, -0.05) is 0 Å². The van der Waals surface area contributed by atoms with Crippen molar-refractivity contribution in [1.29, 1.82) is 0 Å². The Morgan fingerprint density at radius 1 is 0.735 bits per heavy atom. The molecular weight excluding hydrogens is 464 g/mol. The van der Waals surface area contributed by atoms with Crippen LogP contribution >= 0.6 is 0 Å². The molecule has 5 atom stereocenters. The summed E-state index contributed by atoms with van der Waals surface area (Å²) < 4.78 is 14.8. The normalized spacial score (nSPS) is 24.4. The molecule has 14 heteroatoms. The molecule has 0 saturated carbocycles. The zero-order valence-electron chi connectivity index (χ0n) is 17.0. The van der Waals surface area contributed by atoms with E-state index in [0.29, 0.717) is 0 Å². The standard InChI is InChI=1S/C20H20O14/c21-8-1-6(2-9(22)13(8)25)18(29)32-5-12-15(27)17(16(28)20(31)33-12)34-19(30)7-3-10(23)14(26)11(24)4-7/h1-4,12,15-17,20-28,31H,5H2/t12-,15-,16+,17+,20+/m1/s1. The predicted octanol–water partition coefficient (Wildman–Crippen LogP) is -1.26. The molecule has 184 valence electrons. The highest BCUT2D eigenvalue weighted by Crippen LogP contribution is 2.37. The van der Waals surface area contributed by atoms with Crippen LogP contribution in [-0.2, 0) is 14.2 Å². The average Bonchev–Trinajstić information content (AvgIpc) is 2.79. The van der Waals surface area contributed by atoms with Crippen LogP contribution in [0, 0.1) is 0 Å². The van der Waals surface area contributed by atoms with Crippen LogP contribution in [0.5, 0.6) is 34.5 Å². The number of esters is 2. The molecule has 0 amide bonds. The molecular formula is C20H20O14. The summed E-state index contributed by atoms with van der Waals surface area (Å²) in [6.45, 7) is -0.749. The zero-order valence-corrected chi connectivity index (χ0v) is 17.0. The highest BCUT2D eigenvalue weighted by molar-refractivity contribution is 5.91. The minimum Gasteiger partial charge on any atom is -0.504 e. The largest absolute Gasteiger partial charge is 0.504 e. The van der Waals surface area contributed by atoms with Gasteiger partial charge in [0.05, 0.1) is 11.1 Å². The van der Waals surface area contributed by atoms with E-state index in [4.69, 9.17) is 14.2 Å². The molecule has 2 aromatic rings. The number of ether oxygens (including phenoxy) is 3. The van der Waals surface area contributed by atoms with Gasteiger partial charge in [-0.3, -0.25) is 0 Å². The summed E-state index contributed by atoms with van der Waals surface area (Å²) in [7, 11) is 0. The Bertz CT molecular complexity index is 1050. The lowest BCUT2D eigenvalue weighted by molar-refractivity contribution is -0.285. The van der Waals surface area contributed by atoms with Gasteiger partial charge in [0.25, 0.3) is 0 Å². The van der Waals surface area contributed by atoms with Crippen LogP contribution in [0.4, 0.5) is 0 Å². The van der Waals surface area contributed by atoms with Gasteiger partial charge < -0.3 is 60.2 Å². The second-order valence-electron chi connectivity index (χ2n) is 7.24. The Hall–Kier alpha value is -3.98. The first-order chi connectivity index (χ1) is 15.9. The summed E-state index contributed by atoms with van der Waals surface area (Å²) in [5, 5.41) is 87.1. The number of hydrogen-bond donors (Lipinski definition) is 9. The summed E-state index contributed by atoms with van der Waals surface area (Å²) >= 11 is 0. The minimum absolute atomic E-state index is 0.381. The van der Waals surface area contributed by atoms with E-state index in [9.17, 15) is 55.5 Å². The number of benzene rings is 2. The lowest BCUT2D eigenvalue weighted by Crippen LogP contribution is -2.60. The van der Waals surface area contributed by atoms with Gasteiger partial charge in [0, 0.05) is 0 Å². The fraction of sp³-hybridized carbons (Fsp3) is 0.300. The van der Waals surface area contributed by atoms with Crippen LogP contribution in [0.25, 0.3) is 0 Å². The maximum atomic E-state index is 12.4. The van der Waals surface area contributed by atoms with Gasteiger partial charge in [0.1, 0.15) is 24.9 Å². The van der Waals surface area contributed by atoms with Crippen molar-refractivity contribution >= 4 is 11.9 Å². The van der Waals surface area contributed by atoms with Gasteiger partial charge >= 0.3 is 11.9 Å². The van der Waals surface area contributed by atoms with E-state index in [1.165, 1.54) is 0 Å². The Labute approximate surface area is 189 Å². The molecule has 1 aliphatic rings. The van der Waals surface area contributed by atoms with Crippen LogP contribution in [0.1, 0.15) is 20.7 Å². The fourth-order valence-electron chi connectivity index (χ4n) is 3.07. The number of phenols is 6. The summed E-state index contributed by atoms with van der Waals surface area (Å²) in [6.07, 6.45) is -9.14. The van der Waals surface area contributed by atoms with E-state index >= 15 is 0 Å². The molecule has 3 rings (SSSR count). The van der Waals surface area contributed by atoms with E-state index in [0.717, 1.165) is 24.3 Å². The molecule has 14 nitrogen and oxygen atoms in total. The van der Waals surface area contributed by atoms with Crippen LogP contribution in [0.3, 0.4) is 0 Å². The van der Waals surface area contributed by atoms with Crippen molar-refractivity contribution in [2.75, 3.05) is 6.61 Å². The van der Waals surface area contributed by atoms with Crippen LogP contribution < -0.4 is 0 Å². The van der Waals surface area contributed by atoms with Gasteiger partial charge in [-0.2, -0.15) is 0 Å². The molecule has 0 unspecified atom stereocenters. The number of phenolic OH excluding ortho intramolecular Hbond substituents is 6. The molecule has 0 aliphatic carbocycles. The van der Waals surface area contributed by atoms with E-state index in [1.807, 2.05) is 0 Å². The van der Waals surface area contributed by atoms with Crippen molar-refractivity contribution in [2.24, 2.45) is 0 Å². The first-order valence-electron chi connectivity index (χ1n) is 9.48. The third-order valence-electron chi connectivity index (χ3n) is 4.89. The van der Waals surface area contributed by atoms with Gasteiger partial charge in [-0.15, -0.1) is 0 Å². The Kier molecular flexibility index (Phi) is 6.88. The topological polar surface area (TPSA) is 244 Å². The van der Waals surface area contributed by atoms with E-state index in [1.54, 1.807) is 0 Å². The van der Waals surface area contributed by atoms with Crippen molar-refractivity contribution in [3.63, 3.8) is 0 Å². The van der Waals surface area contributed by atoms with Gasteiger partial charge in [-0.25, -0.2) is 9.59 Å². The Morgan fingerprint density at radius 3 is 1.65 bits per heavy atom. The van der Waals surface area contributed by atoms with Gasteiger partial charge in [0.15, 0.2) is 46.9 Å². The summed E-state index contributed by atoms with van der Waals surface area (Å²) in [6, 6.07) is 3.07. The lowest BCUT2D eigenvalue weighted by Gasteiger charge is -2.39. The quantitative estimate of drug-likeness (QED) is 0.178. The number of aromatic hydroxyl groups is 6. The maximum Gasteiger partial charge on any atom is 0.338 e. The zero-order chi connectivity index (χ0) is 25.3. The number of hydrogen-bond acceptors (Lipinski definition) is 14. The van der Waals surface area contributed by atoms with Crippen molar-refractivity contribution in [3.8, 4) is 34.5 Å². The fourth-order valence-corrected chi connectivity index (χ4v) is 3.07. The van der Waals surface area contributed by atoms with E-state index < -0.39 is 89.3 Å². The van der Waals surface area contributed by atoms with Crippen molar-refractivity contribution in [2.45, 2.75) is 30.7 Å². The molecule has 0 spiro atoms. The molecule has 0 bridgehead atoms. The Morgan fingerprint density at radius 2 is 1.18 bits per heavy atom. The average molecular weight is 484 g/mol.